The van der Waals surface area contributed by atoms with Gasteiger partial charge in [0, 0.05) is 31.5 Å². The van der Waals surface area contributed by atoms with E-state index in [0.29, 0.717) is 25.3 Å². The molecule has 0 radical (unpaired) electrons. The van der Waals surface area contributed by atoms with Gasteiger partial charge in [0.15, 0.2) is 0 Å². The van der Waals surface area contributed by atoms with E-state index in [4.69, 9.17) is 4.74 Å². The number of carbonyl (C=O) groups is 2. The molecule has 2 aromatic carbocycles. The number of benzene rings is 2. The Kier molecular flexibility index (Phi) is 5.63. The number of anilines is 1. The Hall–Kier alpha value is -2.73. The molecule has 136 valence electrons. The van der Waals surface area contributed by atoms with Gasteiger partial charge in [0.2, 0.25) is 5.91 Å². The summed E-state index contributed by atoms with van der Waals surface area (Å²) >= 11 is 0. The second-order valence-corrected chi connectivity index (χ2v) is 6.23. The molecule has 1 N–H and O–H groups in total. The van der Waals surface area contributed by atoms with Gasteiger partial charge in [-0.1, -0.05) is 12.1 Å². The predicted octanol–water partition coefficient (Wildman–Crippen LogP) is 2.68. The average Bonchev–Trinajstić information content (AvgIpc) is 2.95. The highest BCUT2D eigenvalue weighted by Crippen LogP contribution is 2.31. The number of nitrogens with one attached hydrogen (secondary N) is 1. The van der Waals surface area contributed by atoms with Crippen LogP contribution in [-0.2, 0) is 22.5 Å². The van der Waals surface area contributed by atoms with Crippen LogP contribution in [0.25, 0.3) is 0 Å². The first-order valence-corrected chi connectivity index (χ1v) is 8.53. The molecule has 0 aliphatic carbocycles. The number of amides is 2. The van der Waals surface area contributed by atoms with Gasteiger partial charge in [-0.15, -0.1) is 0 Å². The number of halogens is 1. The molecule has 0 fully saturated rings. The monoisotopic (exact) mass is 356 g/mol. The summed E-state index contributed by atoms with van der Waals surface area (Å²) in [5, 5.41) is 2.84. The fourth-order valence-corrected chi connectivity index (χ4v) is 2.99. The fraction of sp³-hybridized carbons (Fsp3) is 0.300. The molecule has 2 aromatic rings. The van der Waals surface area contributed by atoms with Crippen molar-refractivity contribution in [2.24, 2.45) is 0 Å². The van der Waals surface area contributed by atoms with Crippen LogP contribution in [0.1, 0.15) is 27.9 Å². The minimum Gasteiger partial charge on any atom is -0.385 e. The highest BCUT2D eigenvalue weighted by molar-refractivity contribution is 6.03. The summed E-state index contributed by atoms with van der Waals surface area (Å²) in [7, 11) is 1.62. The fourth-order valence-electron chi connectivity index (χ4n) is 2.99. The molecule has 1 heterocycles. The van der Waals surface area contributed by atoms with E-state index in [9.17, 15) is 14.0 Å². The van der Waals surface area contributed by atoms with Crippen LogP contribution in [0, 0.1) is 5.82 Å². The Balaban J connectivity index is 1.70. The lowest BCUT2D eigenvalue weighted by Gasteiger charge is -2.18. The van der Waals surface area contributed by atoms with Crippen molar-refractivity contribution in [3.8, 4) is 0 Å². The van der Waals surface area contributed by atoms with E-state index >= 15 is 0 Å². The summed E-state index contributed by atoms with van der Waals surface area (Å²) < 4.78 is 18.0. The molecule has 0 spiro atoms. The second kappa shape index (κ2) is 8.10. The lowest BCUT2D eigenvalue weighted by Crippen LogP contribution is -2.26. The van der Waals surface area contributed by atoms with Crippen LogP contribution in [0.4, 0.5) is 10.1 Å². The molecule has 0 saturated carbocycles. The third kappa shape index (κ3) is 4.08. The Morgan fingerprint density at radius 2 is 2.00 bits per heavy atom. The standard InChI is InChI=1S/C20H21FN2O3/c1-26-10-2-9-22-20(25)15-5-8-18-16(11-15)12-19(24)23(18)13-14-3-6-17(21)7-4-14/h3-8,11H,2,9-10,12-13H2,1H3,(H,22,25). The molecule has 5 nitrogen and oxygen atoms in total. The Labute approximate surface area is 151 Å². The van der Waals surface area contributed by atoms with E-state index in [0.717, 1.165) is 23.2 Å². The van der Waals surface area contributed by atoms with Crippen molar-refractivity contribution in [1.29, 1.82) is 0 Å². The highest BCUT2D eigenvalue weighted by Gasteiger charge is 2.28. The van der Waals surface area contributed by atoms with Crippen LogP contribution >= 0.6 is 0 Å². The summed E-state index contributed by atoms with van der Waals surface area (Å²) in [5.74, 6) is -0.488. The summed E-state index contributed by atoms with van der Waals surface area (Å²) in [6.07, 6.45) is 1.01. The van der Waals surface area contributed by atoms with Crippen molar-refractivity contribution in [3.63, 3.8) is 0 Å². The number of rotatable bonds is 7. The van der Waals surface area contributed by atoms with E-state index in [-0.39, 0.29) is 24.1 Å². The van der Waals surface area contributed by atoms with E-state index in [1.807, 2.05) is 0 Å². The van der Waals surface area contributed by atoms with Crippen LogP contribution in [0.2, 0.25) is 0 Å². The van der Waals surface area contributed by atoms with Gasteiger partial charge in [-0.2, -0.15) is 0 Å². The molecular formula is C20H21FN2O3. The molecule has 26 heavy (non-hydrogen) atoms. The summed E-state index contributed by atoms with van der Waals surface area (Å²) in [4.78, 5) is 26.2. The van der Waals surface area contributed by atoms with Crippen LogP contribution in [0.5, 0.6) is 0 Å². The number of nitrogens with zero attached hydrogens (tertiary/aromatic N) is 1. The molecule has 0 aromatic heterocycles. The molecule has 0 saturated heterocycles. The maximum Gasteiger partial charge on any atom is 0.251 e. The van der Waals surface area contributed by atoms with Gasteiger partial charge in [0.05, 0.1) is 13.0 Å². The van der Waals surface area contributed by atoms with Crippen molar-refractivity contribution >= 4 is 17.5 Å². The summed E-state index contributed by atoms with van der Waals surface area (Å²) in [5.41, 5.74) is 3.03. The van der Waals surface area contributed by atoms with Crippen LogP contribution in [0.3, 0.4) is 0 Å². The summed E-state index contributed by atoms with van der Waals surface area (Å²) in [6, 6.07) is 11.4. The molecule has 1 aliphatic rings. The van der Waals surface area contributed by atoms with E-state index in [2.05, 4.69) is 5.32 Å². The third-order valence-electron chi connectivity index (χ3n) is 4.34. The maximum atomic E-state index is 13.0. The van der Waals surface area contributed by atoms with Gasteiger partial charge in [-0.3, -0.25) is 9.59 Å². The van der Waals surface area contributed by atoms with Gasteiger partial charge < -0.3 is 15.0 Å². The van der Waals surface area contributed by atoms with Gasteiger partial charge in [0.25, 0.3) is 5.91 Å². The number of carbonyl (C=O) groups excluding carboxylic acids is 2. The van der Waals surface area contributed by atoms with Crippen molar-refractivity contribution in [2.45, 2.75) is 19.4 Å². The zero-order valence-corrected chi connectivity index (χ0v) is 14.6. The maximum absolute atomic E-state index is 13.0. The number of hydrogen-bond donors (Lipinski definition) is 1. The molecule has 0 unspecified atom stereocenters. The Morgan fingerprint density at radius 1 is 1.23 bits per heavy atom. The lowest BCUT2D eigenvalue weighted by atomic mass is 10.1. The smallest absolute Gasteiger partial charge is 0.251 e. The number of ether oxygens (including phenoxy) is 1. The normalized spacial score (nSPS) is 13.0. The van der Waals surface area contributed by atoms with Gasteiger partial charge in [0.1, 0.15) is 5.82 Å². The molecule has 3 rings (SSSR count). The van der Waals surface area contributed by atoms with E-state index in [1.54, 1.807) is 42.3 Å². The zero-order chi connectivity index (χ0) is 18.5. The van der Waals surface area contributed by atoms with Crippen LogP contribution < -0.4 is 10.2 Å². The zero-order valence-electron chi connectivity index (χ0n) is 14.6. The average molecular weight is 356 g/mol. The number of methoxy groups -OCH3 is 1. The molecule has 0 atom stereocenters. The lowest BCUT2D eigenvalue weighted by molar-refractivity contribution is -0.117. The van der Waals surface area contributed by atoms with E-state index in [1.165, 1.54) is 12.1 Å². The molecule has 6 heteroatoms. The predicted molar refractivity (Wildman–Crippen MR) is 96.6 cm³/mol. The number of fused-ring (bicyclic) bond motifs is 1. The van der Waals surface area contributed by atoms with Gasteiger partial charge >= 0.3 is 0 Å². The third-order valence-corrected chi connectivity index (χ3v) is 4.34. The van der Waals surface area contributed by atoms with Gasteiger partial charge in [-0.25, -0.2) is 4.39 Å². The van der Waals surface area contributed by atoms with Crippen molar-refractivity contribution < 1.29 is 18.7 Å². The molecule has 0 bridgehead atoms. The minimum atomic E-state index is -0.303. The van der Waals surface area contributed by atoms with Crippen molar-refractivity contribution in [2.75, 3.05) is 25.2 Å². The second-order valence-electron chi connectivity index (χ2n) is 6.23. The van der Waals surface area contributed by atoms with Crippen LogP contribution in [-0.4, -0.2) is 32.1 Å². The van der Waals surface area contributed by atoms with Gasteiger partial charge in [-0.05, 0) is 47.9 Å². The first kappa shape index (κ1) is 18.1. The molecule has 2 amide bonds. The summed E-state index contributed by atoms with van der Waals surface area (Å²) in [6.45, 7) is 1.52. The minimum absolute atomic E-state index is 0.0259. The molecule has 1 aliphatic heterocycles. The van der Waals surface area contributed by atoms with Crippen molar-refractivity contribution in [1.82, 2.24) is 5.32 Å². The first-order chi connectivity index (χ1) is 12.6. The van der Waals surface area contributed by atoms with Crippen LogP contribution in [0.15, 0.2) is 42.5 Å². The highest BCUT2D eigenvalue weighted by atomic mass is 19.1. The SMILES string of the molecule is COCCCNC(=O)c1ccc2c(c1)CC(=O)N2Cc1ccc(F)cc1. The Bertz CT molecular complexity index is 805. The quantitative estimate of drug-likeness (QED) is 0.776. The first-order valence-electron chi connectivity index (χ1n) is 8.53. The largest absolute Gasteiger partial charge is 0.385 e. The Morgan fingerprint density at radius 3 is 2.73 bits per heavy atom. The molecular weight excluding hydrogens is 335 g/mol. The van der Waals surface area contributed by atoms with E-state index < -0.39 is 0 Å². The van der Waals surface area contributed by atoms with Crippen molar-refractivity contribution in [3.05, 3.63) is 65.0 Å². The number of hydrogen-bond acceptors (Lipinski definition) is 3. The topological polar surface area (TPSA) is 58.6 Å².